The number of rotatable bonds is 4. The summed E-state index contributed by atoms with van der Waals surface area (Å²) in [6.07, 6.45) is 4.86. The van der Waals surface area contributed by atoms with Crippen LogP contribution in [0.2, 0.25) is 0 Å². The second kappa shape index (κ2) is 6.04. The highest BCUT2D eigenvalue weighted by molar-refractivity contribution is 6.07. The number of allylic oxidation sites excluding steroid dienone is 2. The third-order valence-corrected chi connectivity index (χ3v) is 5.92. The fourth-order valence-electron chi connectivity index (χ4n) is 4.65. The lowest BCUT2D eigenvalue weighted by Gasteiger charge is -2.29. The standard InChI is InChI=1S/C20H21FN2O3/c1-22(2)16(24)10-15(11-4-3-5-14(21)9-11)23-19(25)17-12-6-7-13(8-12)18(17)20(23)26/h3-7,9,12-13,15,17-18H,8,10H2,1-2H3. The van der Waals surface area contributed by atoms with Gasteiger partial charge in [-0.2, -0.15) is 0 Å². The lowest BCUT2D eigenvalue weighted by molar-refractivity contribution is -0.145. The van der Waals surface area contributed by atoms with E-state index in [0.29, 0.717) is 5.56 Å². The number of carbonyl (C=O) groups excluding carboxylic acids is 3. The lowest BCUT2D eigenvalue weighted by atomic mass is 9.85. The van der Waals surface area contributed by atoms with E-state index >= 15 is 0 Å². The molecule has 136 valence electrons. The molecule has 1 aromatic rings. The number of imide groups is 1. The van der Waals surface area contributed by atoms with Crippen molar-refractivity contribution in [1.82, 2.24) is 9.80 Å². The molecule has 4 rings (SSSR count). The smallest absolute Gasteiger partial charge is 0.234 e. The monoisotopic (exact) mass is 356 g/mol. The summed E-state index contributed by atoms with van der Waals surface area (Å²) in [5, 5.41) is 0. The fraction of sp³-hybridized carbons (Fsp3) is 0.450. The summed E-state index contributed by atoms with van der Waals surface area (Å²) < 4.78 is 13.8. The van der Waals surface area contributed by atoms with Crippen molar-refractivity contribution >= 4 is 17.7 Å². The summed E-state index contributed by atoms with van der Waals surface area (Å²) in [6.45, 7) is 0. The SMILES string of the molecule is CN(C)C(=O)CC(c1cccc(F)c1)N1C(=O)C2C3C=CC(C3)C2C1=O. The second-order valence-corrected chi connectivity index (χ2v) is 7.61. The first-order valence-electron chi connectivity index (χ1n) is 8.89. The number of hydrogen-bond acceptors (Lipinski definition) is 3. The molecule has 1 aromatic carbocycles. The van der Waals surface area contributed by atoms with Crippen LogP contribution in [-0.4, -0.2) is 41.6 Å². The van der Waals surface area contributed by atoms with Gasteiger partial charge in [0.05, 0.1) is 24.3 Å². The third-order valence-electron chi connectivity index (χ3n) is 5.92. The Morgan fingerprint density at radius 1 is 1.19 bits per heavy atom. The number of fused-ring (bicyclic) bond motifs is 5. The molecule has 1 saturated carbocycles. The van der Waals surface area contributed by atoms with Gasteiger partial charge in [-0.15, -0.1) is 0 Å². The van der Waals surface area contributed by atoms with Crippen molar-refractivity contribution in [2.45, 2.75) is 18.9 Å². The van der Waals surface area contributed by atoms with Crippen LogP contribution in [0.25, 0.3) is 0 Å². The van der Waals surface area contributed by atoms with Crippen molar-refractivity contribution in [3.8, 4) is 0 Å². The number of halogens is 1. The van der Waals surface area contributed by atoms with Gasteiger partial charge in [0.25, 0.3) is 0 Å². The van der Waals surface area contributed by atoms with E-state index in [0.717, 1.165) is 6.42 Å². The Labute approximate surface area is 151 Å². The van der Waals surface area contributed by atoms with E-state index in [9.17, 15) is 18.8 Å². The minimum absolute atomic E-state index is 0.0455. The average Bonchev–Trinajstić information content (AvgIpc) is 3.27. The Morgan fingerprint density at radius 2 is 1.81 bits per heavy atom. The van der Waals surface area contributed by atoms with Gasteiger partial charge in [0, 0.05) is 14.1 Å². The van der Waals surface area contributed by atoms with Crippen molar-refractivity contribution in [1.29, 1.82) is 0 Å². The van der Waals surface area contributed by atoms with E-state index in [2.05, 4.69) is 0 Å². The molecule has 2 fully saturated rings. The Kier molecular flexibility index (Phi) is 3.93. The van der Waals surface area contributed by atoms with Crippen molar-refractivity contribution in [3.05, 3.63) is 47.8 Å². The van der Waals surface area contributed by atoms with Crippen molar-refractivity contribution < 1.29 is 18.8 Å². The molecular formula is C20H21FN2O3. The highest BCUT2D eigenvalue weighted by Gasteiger charge is 2.60. The molecule has 2 bridgehead atoms. The van der Waals surface area contributed by atoms with E-state index in [1.165, 1.54) is 28.0 Å². The molecule has 0 N–H and O–H groups in total. The molecule has 5 unspecified atom stereocenters. The van der Waals surface area contributed by atoms with Gasteiger partial charge in [-0.25, -0.2) is 4.39 Å². The zero-order chi connectivity index (χ0) is 18.6. The first-order valence-corrected chi connectivity index (χ1v) is 8.89. The summed E-state index contributed by atoms with van der Waals surface area (Å²) in [5.41, 5.74) is 0.474. The lowest BCUT2D eigenvalue weighted by Crippen LogP contribution is -2.39. The Bertz CT molecular complexity index is 789. The molecule has 1 heterocycles. The minimum atomic E-state index is -0.773. The van der Waals surface area contributed by atoms with E-state index < -0.39 is 11.9 Å². The highest BCUT2D eigenvalue weighted by Crippen LogP contribution is 2.54. The topological polar surface area (TPSA) is 57.7 Å². The van der Waals surface area contributed by atoms with E-state index in [4.69, 9.17) is 0 Å². The van der Waals surface area contributed by atoms with Gasteiger partial charge in [-0.3, -0.25) is 19.3 Å². The van der Waals surface area contributed by atoms with Crippen LogP contribution in [0, 0.1) is 29.5 Å². The molecule has 0 spiro atoms. The Hall–Kier alpha value is -2.50. The van der Waals surface area contributed by atoms with Crippen molar-refractivity contribution in [3.63, 3.8) is 0 Å². The molecule has 3 amide bonds. The maximum atomic E-state index is 13.8. The van der Waals surface area contributed by atoms with Crippen LogP contribution in [0.4, 0.5) is 4.39 Å². The van der Waals surface area contributed by atoms with Gasteiger partial charge in [0.15, 0.2) is 0 Å². The quantitative estimate of drug-likeness (QED) is 0.614. The number of amides is 3. The summed E-state index contributed by atoms with van der Waals surface area (Å²) in [5.74, 6) is -1.57. The zero-order valence-electron chi connectivity index (χ0n) is 14.8. The molecule has 0 aromatic heterocycles. The van der Waals surface area contributed by atoms with Crippen molar-refractivity contribution in [2.75, 3.05) is 14.1 Å². The van der Waals surface area contributed by atoms with Crippen LogP contribution in [-0.2, 0) is 14.4 Å². The van der Waals surface area contributed by atoms with Crippen LogP contribution in [0.5, 0.6) is 0 Å². The first kappa shape index (κ1) is 16.9. The molecule has 5 atom stereocenters. The Balaban J connectivity index is 1.71. The summed E-state index contributed by atoms with van der Waals surface area (Å²) >= 11 is 0. The van der Waals surface area contributed by atoms with Gasteiger partial charge >= 0.3 is 0 Å². The molecular weight excluding hydrogens is 335 g/mol. The molecule has 6 heteroatoms. The average molecular weight is 356 g/mol. The zero-order valence-corrected chi connectivity index (χ0v) is 14.8. The minimum Gasteiger partial charge on any atom is -0.349 e. The Morgan fingerprint density at radius 3 is 2.35 bits per heavy atom. The van der Waals surface area contributed by atoms with E-state index in [1.807, 2.05) is 12.2 Å². The molecule has 5 nitrogen and oxygen atoms in total. The summed E-state index contributed by atoms with van der Waals surface area (Å²) in [7, 11) is 3.24. The van der Waals surface area contributed by atoms with Gasteiger partial charge in [0.2, 0.25) is 17.7 Å². The maximum absolute atomic E-state index is 13.8. The third kappa shape index (κ3) is 2.47. The fourth-order valence-corrected chi connectivity index (χ4v) is 4.65. The second-order valence-electron chi connectivity index (χ2n) is 7.61. The van der Waals surface area contributed by atoms with Gasteiger partial charge < -0.3 is 4.90 Å². The number of hydrogen-bond donors (Lipinski definition) is 0. The van der Waals surface area contributed by atoms with Crippen LogP contribution in [0.1, 0.15) is 24.4 Å². The number of carbonyl (C=O) groups is 3. The van der Waals surface area contributed by atoms with E-state index in [-0.39, 0.29) is 47.8 Å². The molecule has 3 aliphatic rings. The largest absolute Gasteiger partial charge is 0.349 e. The number of nitrogens with zero attached hydrogens (tertiary/aromatic N) is 2. The van der Waals surface area contributed by atoms with Crippen LogP contribution < -0.4 is 0 Å². The number of benzene rings is 1. The predicted molar refractivity (Wildman–Crippen MR) is 92.0 cm³/mol. The summed E-state index contributed by atoms with van der Waals surface area (Å²) in [6, 6.07) is 5.04. The molecule has 26 heavy (non-hydrogen) atoms. The molecule has 1 saturated heterocycles. The normalized spacial score (nSPS) is 30.0. The molecule has 0 radical (unpaired) electrons. The highest BCUT2D eigenvalue weighted by atomic mass is 19.1. The maximum Gasteiger partial charge on any atom is 0.234 e. The molecule has 2 aliphatic carbocycles. The van der Waals surface area contributed by atoms with Gasteiger partial charge in [-0.1, -0.05) is 24.3 Å². The van der Waals surface area contributed by atoms with Crippen molar-refractivity contribution in [2.24, 2.45) is 23.7 Å². The van der Waals surface area contributed by atoms with Crippen LogP contribution in [0.3, 0.4) is 0 Å². The van der Waals surface area contributed by atoms with Crippen LogP contribution in [0.15, 0.2) is 36.4 Å². The number of likely N-dealkylation sites (tertiary alicyclic amines) is 1. The first-order chi connectivity index (χ1) is 12.4. The van der Waals surface area contributed by atoms with E-state index in [1.54, 1.807) is 20.2 Å². The molecule has 1 aliphatic heterocycles. The van der Waals surface area contributed by atoms with Gasteiger partial charge in [-0.05, 0) is 36.0 Å². The van der Waals surface area contributed by atoms with Gasteiger partial charge in [0.1, 0.15) is 5.82 Å². The van der Waals surface area contributed by atoms with Crippen LogP contribution >= 0.6 is 0 Å². The summed E-state index contributed by atoms with van der Waals surface area (Å²) in [4.78, 5) is 41.2. The predicted octanol–water partition coefficient (Wildman–Crippen LogP) is 2.15.